The third-order valence-corrected chi connectivity index (χ3v) is 4.87. The van der Waals surface area contributed by atoms with Crippen molar-refractivity contribution in [2.75, 3.05) is 5.32 Å². The number of nitrogens with one attached hydrogen (secondary N) is 2. The molecule has 0 unspecified atom stereocenters. The van der Waals surface area contributed by atoms with E-state index in [1.807, 2.05) is 0 Å². The van der Waals surface area contributed by atoms with Gasteiger partial charge in [0.25, 0.3) is 5.91 Å². The van der Waals surface area contributed by atoms with Crippen LogP contribution in [-0.4, -0.2) is 28.1 Å². The summed E-state index contributed by atoms with van der Waals surface area (Å²) in [4.78, 5) is 28.6. The Balaban J connectivity index is 1.69. The second-order valence-corrected chi connectivity index (χ2v) is 7.95. The number of rotatable bonds is 4. The van der Waals surface area contributed by atoms with E-state index in [0.29, 0.717) is 26.8 Å². The molecule has 9 heteroatoms. The van der Waals surface area contributed by atoms with Crippen molar-refractivity contribution in [3.63, 3.8) is 0 Å². The van der Waals surface area contributed by atoms with Gasteiger partial charge in [0.1, 0.15) is 0 Å². The molecule has 1 heterocycles. The van der Waals surface area contributed by atoms with Crippen LogP contribution in [0.4, 0.5) is 5.13 Å². The van der Waals surface area contributed by atoms with Crippen LogP contribution in [0.25, 0.3) is 10.2 Å². The number of aromatic nitrogens is 1. The fourth-order valence-electron chi connectivity index (χ4n) is 2.32. The minimum absolute atomic E-state index is 0.114. The summed E-state index contributed by atoms with van der Waals surface area (Å²) < 4.78 is 6.00. The molecule has 28 heavy (non-hydrogen) atoms. The molecule has 3 aromatic rings. The maximum Gasteiger partial charge on any atom is 0.338 e. The zero-order chi connectivity index (χ0) is 20.3. The van der Waals surface area contributed by atoms with Crippen LogP contribution in [0.5, 0.6) is 0 Å². The van der Waals surface area contributed by atoms with Gasteiger partial charge >= 0.3 is 5.97 Å². The number of thiocarbonyl (C=S) groups is 1. The van der Waals surface area contributed by atoms with Gasteiger partial charge in [0.2, 0.25) is 0 Å². The van der Waals surface area contributed by atoms with Gasteiger partial charge in [0.05, 0.1) is 21.9 Å². The lowest BCUT2D eigenvalue weighted by Crippen LogP contribution is -2.34. The molecule has 6 nitrogen and oxygen atoms in total. The van der Waals surface area contributed by atoms with E-state index in [4.69, 9.17) is 28.6 Å². The molecule has 3 rings (SSSR count). The third-order valence-electron chi connectivity index (χ3n) is 3.50. The second kappa shape index (κ2) is 8.64. The van der Waals surface area contributed by atoms with Gasteiger partial charge in [-0.25, -0.2) is 9.78 Å². The zero-order valence-electron chi connectivity index (χ0n) is 15.0. The maximum absolute atomic E-state index is 12.2. The topological polar surface area (TPSA) is 80.3 Å². The maximum atomic E-state index is 12.2. The predicted molar refractivity (Wildman–Crippen MR) is 115 cm³/mol. The van der Waals surface area contributed by atoms with E-state index in [1.54, 1.807) is 56.3 Å². The van der Waals surface area contributed by atoms with Crippen molar-refractivity contribution in [1.29, 1.82) is 0 Å². The highest BCUT2D eigenvalue weighted by Crippen LogP contribution is 2.27. The molecule has 0 atom stereocenters. The standard InChI is InChI=1S/C19H16ClN3O3S2/c1-10(2)26-17(25)12-6-7-14-15(9-12)28-19(21-14)23-18(27)22-16(24)11-4-3-5-13(20)8-11/h3-10H,1-2H3,(H2,21,22,23,24,27). The first-order valence-electron chi connectivity index (χ1n) is 8.31. The number of nitrogens with zero attached hydrogens (tertiary/aromatic N) is 1. The quantitative estimate of drug-likeness (QED) is 0.460. The Hall–Kier alpha value is -2.55. The van der Waals surface area contributed by atoms with Crippen LogP contribution in [0.15, 0.2) is 42.5 Å². The number of carbonyl (C=O) groups is 2. The van der Waals surface area contributed by atoms with Crippen molar-refractivity contribution in [2.24, 2.45) is 0 Å². The van der Waals surface area contributed by atoms with E-state index in [2.05, 4.69) is 15.6 Å². The molecule has 2 aromatic carbocycles. The Morgan fingerprint density at radius 1 is 1.18 bits per heavy atom. The average Bonchev–Trinajstić information content (AvgIpc) is 3.02. The Labute approximate surface area is 175 Å². The van der Waals surface area contributed by atoms with Crippen molar-refractivity contribution < 1.29 is 14.3 Å². The fourth-order valence-corrected chi connectivity index (χ4v) is 3.67. The smallest absolute Gasteiger partial charge is 0.338 e. The molecular weight excluding hydrogens is 418 g/mol. The number of ether oxygens (including phenoxy) is 1. The van der Waals surface area contributed by atoms with Crippen LogP contribution in [0, 0.1) is 0 Å². The van der Waals surface area contributed by atoms with Crippen LogP contribution in [0.3, 0.4) is 0 Å². The minimum atomic E-state index is -0.385. The Morgan fingerprint density at radius 3 is 2.68 bits per heavy atom. The largest absolute Gasteiger partial charge is 0.459 e. The van der Waals surface area contributed by atoms with E-state index >= 15 is 0 Å². The summed E-state index contributed by atoms with van der Waals surface area (Å²) in [5.41, 5.74) is 1.56. The van der Waals surface area contributed by atoms with Crippen molar-refractivity contribution >= 4 is 67.5 Å². The van der Waals surface area contributed by atoms with E-state index in [-0.39, 0.29) is 23.1 Å². The van der Waals surface area contributed by atoms with Gasteiger partial charge in [-0.3, -0.25) is 10.1 Å². The lowest BCUT2D eigenvalue weighted by molar-refractivity contribution is 0.0378. The average molecular weight is 434 g/mol. The minimum Gasteiger partial charge on any atom is -0.459 e. The van der Waals surface area contributed by atoms with Crippen LogP contribution in [0.2, 0.25) is 5.02 Å². The molecule has 0 aliphatic heterocycles. The first-order valence-corrected chi connectivity index (χ1v) is 9.91. The van der Waals surface area contributed by atoms with Crippen LogP contribution in [-0.2, 0) is 4.74 Å². The molecule has 0 saturated carbocycles. The van der Waals surface area contributed by atoms with Gasteiger partial charge < -0.3 is 10.1 Å². The molecule has 0 aliphatic carbocycles. The molecule has 1 aromatic heterocycles. The summed E-state index contributed by atoms with van der Waals surface area (Å²) >= 11 is 12.4. The summed E-state index contributed by atoms with van der Waals surface area (Å²) in [5.74, 6) is -0.760. The van der Waals surface area contributed by atoms with Gasteiger partial charge in [-0.05, 0) is 62.5 Å². The number of amides is 1. The van der Waals surface area contributed by atoms with Crippen molar-refractivity contribution in [3.8, 4) is 0 Å². The van der Waals surface area contributed by atoms with Crippen LogP contribution < -0.4 is 10.6 Å². The Bertz CT molecular complexity index is 1070. The summed E-state index contributed by atoms with van der Waals surface area (Å²) in [5, 5.41) is 6.55. The van der Waals surface area contributed by atoms with Gasteiger partial charge in [-0.2, -0.15) is 0 Å². The van der Waals surface area contributed by atoms with Crippen molar-refractivity contribution in [1.82, 2.24) is 10.3 Å². The van der Waals surface area contributed by atoms with Crippen molar-refractivity contribution in [3.05, 3.63) is 58.6 Å². The first-order chi connectivity index (χ1) is 13.3. The Morgan fingerprint density at radius 2 is 1.96 bits per heavy atom. The number of halogens is 1. The summed E-state index contributed by atoms with van der Waals surface area (Å²) in [6.45, 7) is 3.59. The van der Waals surface area contributed by atoms with Gasteiger partial charge in [-0.15, -0.1) is 0 Å². The predicted octanol–water partition coefficient (Wildman–Crippen LogP) is 4.64. The van der Waals surface area contributed by atoms with Gasteiger partial charge in [-0.1, -0.05) is 29.0 Å². The number of esters is 1. The van der Waals surface area contributed by atoms with E-state index in [9.17, 15) is 9.59 Å². The molecule has 1 amide bonds. The highest BCUT2D eigenvalue weighted by atomic mass is 35.5. The molecule has 0 radical (unpaired) electrons. The highest BCUT2D eigenvalue weighted by Gasteiger charge is 2.13. The zero-order valence-corrected chi connectivity index (χ0v) is 17.4. The van der Waals surface area contributed by atoms with E-state index < -0.39 is 0 Å². The normalized spacial score (nSPS) is 10.7. The number of anilines is 1. The summed E-state index contributed by atoms with van der Waals surface area (Å²) in [6, 6.07) is 11.7. The third kappa shape index (κ3) is 5.03. The molecule has 0 fully saturated rings. The molecule has 144 valence electrons. The molecule has 2 N–H and O–H groups in total. The van der Waals surface area contributed by atoms with Crippen LogP contribution in [0.1, 0.15) is 34.6 Å². The number of hydrogen-bond acceptors (Lipinski definition) is 6. The number of benzene rings is 2. The number of fused-ring (bicyclic) bond motifs is 1. The lowest BCUT2D eigenvalue weighted by Gasteiger charge is -2.07. The molecule has 0 bridgehead atoms. The first kappa shape index (κ1) is 20.2. The summed E-state index contributed by atoms with van der Waals surface area (Å²) in [7, 11) is 0. The molecular formula is C19H16ClN3O3S2. The highest BCUT2D eigenvalue weighted by molar-refractivity contribution is 7.80. The van der Waals surface area contributed by atoms with E-state index in [1.165, 1.54) is 11.3 Å². The number of carbonyl (C=O) groups excluding carboxylic acids is 2. The molecule has 0 saturated heterocycles. The second-order valence-electron chi connectivity index (χ2n) is 6.07. The lowest BCUT2D eigenvalue weighted by atomic mass is 10.2. The van der Waals surface area contributed by atoms with Gasteiger partial charge in [0.15, 0.2) is 10.2 Å². The molecule has 0 spiro atoms. The summed E-state index contributed by atoms with van der Waals surface area (Å²) in [6.07, 6.45) is -0.192. The Kier molecular flexibility index (Phi) is 6.23. The van der Waals surface area contributed by atoms with E-state index in [0.717, 1.165) is 4.70 Å². The monoisotopic (exact) mass is 433 g/mol. The number of thiazole rings is 1. The number of hydrogen-bond donors (Lipinski definition) is 2. The SMILES string of the molecule is CC(C)OC(=O)c1ccc2nc(NC(=S)NC(=O)c3cccc(Cl)c3)sc2c1. The molecule has 0 aliphatic rings. The fraction of sp³-hybridized carbons (Fsp3) is 0.158. The van der Waals surface area contributed by atoms with Gasteiger partial charge in [0, 0.05) is 10.6 Å². The van der Waals surface area contributed by atoms with Crippen LogP contribution >= 0.6 is 35.2 Å². The van der Waals surface area contributed by atoms with Crippen molar-refractivity contribution in [2.45, 2.75) is 20.0 Å².